The van der Waals surface area contributed by atoms with Crippen LogP contribution in [0.5, 0.6) is 0 Å². The van der Waals surface area contributed by atoms with Crippen LogP contribution in [0, 0.1) is 5.92 Å². The maximum Gasteiger partial charge on any atom is 0.338 e. The number of carbonyl (C=O) groups excluding carboxylic acids is 1. The van der Waals surface area contributed by atoms with Crippen molar-refractivity contribution >= 4 is 17.3 Å². The summed E-state index contributed by atoms with van der Waals surface area (Å²) >= 11 is 1.56. The van der Waals surface area contributed by atoms with E-state index < -0.39 is 0 Å². The molecule has 0 spiro atoms. The van der Waals surface area contributed by atoms with E-state index in [0.717, 1.165) is 43.7 Å². The third-order valence-electron chi connectivity index (χ3n) is 4.56. The SMILES string of the molecule is O=C(OC1([C@H]2CCOC2)CC1)c1ccc(-c2cscn2)cc1. The lowest BCUT2D eigenvalue weighted by molar-refractivity contribution is 0.000839. The lowest BCUT2D eigenvalue weighted by atomic mass is 9.99. The first-order valence-corrected chi connectivity index (χ1v) is 8.51. The van der Waals surface area contributed by atoms with E-state index >= 15 is 0 Å². The maximum atomic E-state index is 12.4. The van der Waals surface area contributed by atoms with Crippen molar-refractivity contribution < 1.29 is 14.3 Å². The van der Waals surface area contributed by atoms with Crippen LogP contribution in [0.25, 0.3) is 11.3 Å². The van der Waals surface area contributed by atoms with Gasteiger partial charge in [0.2, 0.25) is 0 Å². The Bertz CT molecular complexity index is 656. The molecule has 4 rings (SSSR count). The molecule has 0 N–H and O–H groups in total. The van der Waals surface area contributed by atoms with E-state index in [4.69, 9.17) is 9.47 Å². The van der Waals surface area contributed by atoms with Crippen molar-refractivity contribution in [1.82, 2.24) is 4.98 Å². The standard InChI is InChI=1S/C17H17NO3S/c19-16(21-17(6-7-17)14-5-8-20-9-14)13-3-1-12(2-4-13)15-10-22-11-18-15/h1-4,10-11,14H,5-9H2/t14-/m0/s1. The van der Waals surface area contributed by atoms with E-state index in [1.54, 1.807) is 16.8 Å². The molecule has 1 aromatic carbocycles. The Kier molecular flexibility index (Phi) is 3.47. The summed E-state index contributed by atoms with van der Waals surface area (Å²) in [6.45, 7) is 1.50. The van der Waals surface area contributed by atoms with E-state index in [-0.39, 0.29) is 11.6 Å². The molecule has 0 bridgehead atoms. The fraction of sp³-hybridized carbons (Fsp3) is 0.412. The molecule has 0 unspecified atom stereocenters. The van der Waals surface area contributed by atoms with Gasteiger partial charge in [0.1, 0.15) is 5.60 Å². The van der Waals surface area contributed by atoms with Gasteiger partial charge in [0, 0.05) is 23.5 Å². The molecular formula is C17H17NO3S. The van der Waals surface area contributed by atoms with Crippen molar-refractivity contribution in [3.8, 4) is 11.3 Å². The molecule has 1 aromatic heterocycles. The highest BCUT2D eigenvalue weighted by molar-refractivity contribution is 7.07. The minimum Gasteiger partial charge on any atom is -0.455 e. The van der Waals surface area contributed by atoms with Gasteiger partial charge in [-0.1, -0.05) is 12.1 Å². The first-order valence-electron chi connectivity index (χ1n) is 7.57. The van der Waals surface area contributed by atoms with Crippen LogP contribution < -0.4 is 0 Å². The van der Waals surface area contributed by atoms with Crippen LogP contribution in [-0.4, -0.2) is 29.8 Å². The number of carbonyl (C=O) groups is 1. The van der Waals surface area contributed by atoms with Crippen LogP contribution in [0.15, 0.2) is 35.2 Å². The molecule has 0 amide bonds. The summed E-state index contributed by atoms with van der Waals surface area (Å²) in [4.78, 5) is 16.6. The number of benzene rings is 1. The van der Waals surface area contributed by atoms with Crippen molar-refractivity contribution in [2.75, 3.05) is 13.2 Å². The minimum atomic E-state index is -0.263. The fourth-order valence-electron chi connectivity index (χ4n) is 3.04. The van der Waals surface area contributed by atoms with Crippen molar-refractivity contribution in [2.45, 2.75) is 24.9 Å². The lowest BCUT2D eigenvalue weighted by Gasteiger charge is -2.22. The van der Waals surface area contributed by atoms with Crippen LogP contribution in [0.1, 0.15) is 29.6 Å². The van der Waals surface area contributed by atoms with E-state index in [1.165, 1.54) is 0 Å². The summed E-state index contributed by atoms with van der Waals surface area (Å²) in [5.41, 5.74) is 4.10. The minimum absolute atomic E-state index is 0.228. The molecule has 114 valence electrons. The topological polar surface area (TPSA) is 48.4 Å². The molecule has 0 radical (unpaired) electrons. The normalized spacial score (nSPS) is 22.5. The highest BCUT2D eigenvalue weighted by Crippen LogP contribution is 2.49. The van der Waals surface area contributed by atoms with Crippen LogP contribution in [-0.2, 0) is 9.47 Å². The van der Waals surface area contributed by atoms with Gasteiger partial charge in [-0.3, -0.25) is 0 Å². The third kappa shape index (κ3) is 2.55. The molecule has 2 fully saturated rings. The van der Waals surface area contributed by atoms with E-state index in [0.29, 0.717) is 11.5 Å². The van der Waals surface area contributed by atoms with E-state index in [1.807, 2.05) is 29.6 Å². The molecule has 2 aromatic rings. The number of aromatic nitrogens is 1. The summed E-state index contributed by atoms with van der Waals surface area (Å²) in [5, 5.41) is 1.99. The van der Waals surface area contributed by atoms with Crippen molar-refractivity contribution in [3.05, 3.63) is 40.7 Å². The molecule has 22 heavy (non-hydrogen) atoms. The first-order chi connectivity index (χ1) is 10.8. The molecule has 4 nitrogen and oxygen atoms in total. The number of nitrogens with zero attached hydrogens (tertiary/aromatic N) is 1. The average molecular weight is 315 g/mol. The Morgan fingerprint density at radius 3 is 2.73 bits per heavy atom. The number of thiazole rings is 1. The lowest BCUT2D eigenvalue weighted by Crippen LogP contribution is -2.29. The van der Waals surface area contributed by atoms with E-state index in [2.05, 4.69) is 4.98 Å². The second-order valence-electron chi connectivity index (χ2n) is 5.97. The zero-order valence-electron chi connectivity index (χ0n) is 12.2. The number of ether oxygens (including phenoxy) is 2. The maximum absolute atomic E-state index is 12.4. The van der Waals surface area contributed by atoms with Gasteiger partial charge in [0.05, 0.1) is 23.4 Å². The van der Waals surface area contributed by atoms with Gasteiger partial charge in [-0.15, -0.1) is 11.3 Å². The Labute approximate surface area is 133 Å². The number of rotatable bonds is 4. The monoisotopic (exact) mass is 315 g/mol. The van der Waals surface area contributed by atoms with Gasteiger partial charge in [0.15, 0.2) is 0 Å². The number of hydrogen-bond donors (Lipinski definition) is 0. The van der Waals surface area contributed by atoms with E-state index in [9.17, 15) is 4.79 Å². The number of esters is 1. The molecule has 1 aliphatic carbocycles. The van der Waals surface area contributed by atoms with Crippen LogP contribution >= 0.6 is 11.3 Å². The Hall–Kier alpha value is -1.72. The van der Waals surface area contributed by atoms with Gasteiger partial charge in [0.25, 0.3) is 0 Å². The molecule has 1 saturated carbocycles. The quantitative estimate of drug-likeness (QED) is 0.810. The molecule has 1 atom stereocenters. The Morgan fingerprint density at radius 1 is 1.32 bits per heavy atom. The second kappa shape index (κ2) is 5.48. The van der Waals surface area contributed by atoms with Crippen LogP contribution in [0.3, 0.4) is 0 Å². The third-order valence-corrected chi connectivity index (χ3v) is 5.15. The zero-order chi connectivity index (χ0) is 15.0. The summed E-state index contributed by atoms with van der Waals surface area (Å²) in [6, 6.07) is 7.48. The molecule has 1 aliphatic heterocycles. The van der Waals surface area contributed by atoms with Crippen molar-refractivity contribution in [3.63, 3.8) is 0 Å². The highest BCUT2D eigenvalue weighted by Gasteiger charge is 2.54. The zero-order valence-corrected chi connectivity index (χ0v) is 13.0. The molecular weight excluding hydrogens is 298 g/mol. The largest absolute Gasteiger partial charge is 0.455 e. The van der Waals surface area contributed by atoms with Gasteiger partial charge in [-0.2, -0.15) is 0 Å². The second-order valence-corrected chi connectivity index (χ2v) is 6.68. The summed E-state index contributed by atoms with van der Waals surface area (Å²) < 4.78 is 11.2. The van der Waals surface area contributed by atoms with Crippen molar-refractivity contribution in [2.24, 2.45) is 5.92 Å². The van der Waals surface area contributed by atoms with Gasteiger partial charge in [-0.25, -0.2) is 9.78 Å². The summed E-state index contributed by atoms with van der Waals surface area (Å²) in [5.74, 6) is 0.139. The molecule has 1 saturated heterocycles. The van der Waals surface area contributed by atoms with Gasteiger partial charge < -0.3 is 9.47 Å². The smallest absolute Gasteiger partial charge is 0.338 e. The Balaban J connectivity index is 1.46. The average Bonchev–Trinajstić information content (AvgIpc) is 3.03. The van der Waals surface area contributed by atoms with Crippen LogP contribution in [0.2, 0.25) is 0 Å². The van der Waals surface area contributed by atoms with Crippen molar-refractivity contribution in [1.29, 1.82) is 0 Å². The summed E-state index contributed by atoms with van der Waals surface area (Å²) in [6.07, 6.45) is 2.92. The number of hydrogen-bond acceptors (Lipinski definition) is 5. The predicted molar refractivity (Wildman–Crippen MR) is 83.9 cm³/mol. The molecule has 5 heteroatoms. The first kappa shape index (κ1) is 13.9. The van der Waals surface area contributed by atoms with Gasteiger partial charge in [-0.05, 0) is 31.4 Å². The Morgan fingerprint density at radius 2 is 2.14 bits per heavy atom. The van der Waals surface area contributed by atoms with Crippen LogP contribution in [0.4, 0.5) is 0 Å². The predicted octanol–water partition coefficient (Wildman–Crippen LogP) is 3.54. The fourth-order valence-corrected chi connectivity index (χ4v) is 3.60. The highest BCUT2D eigenvalue weighted by atomic mass is 32.1. The molecule has 2 heterocycles. The summed E-state index contributed by atoms with van der Waals surface area (Å²) in [7, 11) is 0. The van der Waals surface area contributed by atoms with Gasteiger partial charge >= 0.3 is 5.97 Å². The molecule has 2 aliphatic rings.